The predicted molar refractivity (Wildman–Crippen MR) is 119 cm³/mol. The first kappa shape index (κ1) is 22.7. The number of amides is 1. The van der Waals surface area contributed by atoms with Crippen LogP contribution in [0.2, 0.25) is 0 Å². The smallest absolute Gasteiger partial charge is 0.260 e. The highest BCUT2D eigenvalue weighted by Crippen LogP contribution is 2.49. The highest BCUT2D eigenvalue weighted by Gasteiger charge is 2.61. The van der Waals surface area contributed by atoms with E-state index >= 15 is 0 Å². The number of hydrogen-bond donors (Lipinski definition) is 3. The lowest BCUT2D eigenvalue weighted by molar-refractivity contribution is -0.119. The molecule has 1 aliphatic carbocycles. The van der Waals surface area contributed by atoms with Crippen molar-refractivity contribution in [1.82, 2.24) is 19.9 Å². The Bertz CT molecular complexity index is 1170. The van der Waals surface area contributed by atoms with Gasteiger partial charge in [-0.2, -0.15) is 0 Å². The Morgan fingerprint density at radius 2 is 2.06 bits per heavy atom. The monoisotopic (exact) mass is 454 g/mol. The van der Waals surface area contributed by atoms with Crippen molar-refractivity contribution in [2.45, 2.75) is 45.1 Å². The molecule has 0 saturated heterocycles. The third-order valence-corrected chi connectivity index (χ3v) is 5.43. The van der Waals surface area contributed by atoms with Gasteiger partial charge in [-0.05, 0) is 37.1 Å². The molecule has 0 unspecified atom stereocenters. The largest absolute Gasteiger partial charge is 0.387 e. The lowest BCUT2D eigenvalue weighted by atomic mass is 10.1. The molecular formula is C23H24F2N6O2. The Morgan fingerprint density at radius 3 is 2.76 bits per heavy atom. The van der Waals surface area contributed by atoms with Crippen molar-refractivity contribution in [2.24, 2.45) is 5.92 Å². The van der Waals surface area contributed by atoms with Gasteiger partial charge < -0.3 is 15.7 Å². The normalized spacial score (nSPS) is 17.3. The van der Waals surface area contributed by atoms with Crippen LogP contribution in [0.25, 0.3) is 11.3 Å². The number of hydrogen-bond acceptors (Lipinski definition) is 7. The molecule has 0 bridgehead atoms. The summed E-state index contributed by atoms with van der Waals surface area (Å²) in [5.41, 5.74) is 3.29. The van der Waals surface area contributed by atoms with Gasteiger partial charge in [0.15, 0.2) is 0 Å². The first-order chi connectivity index (χ1) is 15.8. The van der Waals surface area contributed by atoms with Crippen molar-refractivity contribution < 1.29 is 18.7 Å². The molecule has 0 spiro atoms. The Labute approximate surface area is 189 Å². The molecule has 3 N–H and O–H groups in total. The summed E-state index contributed by atoms with van der Waals surface area (Å²) in [5, 5.41) is 15.9. The third kappa shape index (κ3) is 5.11. The van der Waals surface area contributed by atoms with Crippen LogP contribution in [0, 0.1) is 12.8 Å². The van der Waals surface area contributed by atoms with Gasteiger partial charge in [0.2, 0.25) is 5.91 Å². The van der Waals surface area contributed by atoms with Crippen LogP contribution in [0.1, 0.15) is 43.5 Å². The summed E-state index contributed by atoms with van der Waals surface area (Å²) in [4.78, 5) is 29.0. The number of nitrogens with one attached hydrogen (secondary N) is 2. The number of carbonyl (C=O) groups is 1. The number of aryl methyl sites for hydroxylation is 1. The maximum absolute atomic E-state index is 13.2. The number of carbonyl (C=O) groups excluding carboxylic acids is 1. The average molecular weight is 454 g/mol. The minimum atomic E-state index is -2.95. The molecule has 2 atom stereocenters. The van der Waals surface area contributed by atoms with Gasteiger partial charge in [-0.15, -0.1) is 0 Å². The molecule has 0 aliphatic heterocycles. The maximum atomic E-state index is 13.2. The molecular weight excluding hydrogens is 430 g/mol. The molecule has 3 heterocycles. The van der Waals surface area contributed by atoms with Gasteiger partial charge in [-0.3, -0.25) is 9.78 Å². The first-order valence-corrected chi connectivity index (χ1v) is 10.7. The average Bonchev–Trinajstić information content (AvgIpc) is 3.44. The Morgan fingerprint density at radius 1 is 1.27 bits per heavy atom. The fourth-order valence-electron chi connectivity index (χ4n) is 3.44. The van der Waals surface area contributed by atoms with Crippen molar-refractivity contribution in [3.05, 3.63) is 54.2 Å². The van der Waals surface area contributed by atoms with E-state index in [9.17, 15) is 18.7 Å². The predicted octanol–water partition coefficient (Wildman–Crippen LogP) is 4.41. The zero-order valence-corrected chi connectivity index (χ0v) is 18.2. The Balaban J connectivity index is 1.55. The van der Waals surface area contributed by atoms with Crippen LogP contribution in [-0.2, 0) is 4.79 Å². The number of aliphatic hydroxyl groups is 1. The zero-order valence-electron chi connectivity index (χ0n) is 18.2. The summed E-state index contributed by atoms with van der Waals surface area (Å²) in [5.74, 6) is -4.40. The number of pyridine rings is 2. The first-order valence-electron chi connectivity index (χ1n) is 10.7. The molecule has 10 heteroatoms. The fraction of sp³-hybridized carbons (Fsp3) is 0.348. The van der Waals surface area contributed by atoms with E-state index in [2.05, 4.69) is 30.6 Å². The second-order valence-corrected chi connectivity index (χ2v) is 8.05. The lowest BCUT2D eigenvalue weighted by Crippen LogP contribution is -2.18. The van der Waals surface area contributed by atoms with Crippen molar-refractivity contribution in [3.63, 3.8) is 0 Å². The zero-order chi connectivity index (χ0) is 23.6. The van der Waals surface area contributed by atoms with E-state index in [0.29, 0.717) is 34.9 Å². The summed E-state index contributed by atoms with van der Waals surface area (Å²) in [6.07, 6.45) is 4.94. The summed E-state index contributed by atoms with van der Waals surface area (Å²) in [6.45, 7) is 3.90. The van der Waals surface area contributed by atoms with E-state index in [1.807, 2.05) is 19.9 Å². The van der Waals surface area contributed by atoms with Crippen LogP contribution in [0.15, 0.2) is 43.0 Å². The van der Waals surface area contributed by atoms with Gasteiger partial charge in [0, 0.05) is 24.2 Å². The summed E-state index contributed by atoms with van der Waals surface area (Å²) >= 11 is 0. The van der Waals surface area contributed by atoms with Gasteiger partial charge in [0.05, 0.1) is 29.4 Å². The molecule has 3 aromatic heterocycles. The number of anilines is 3. The van der Waals surface area contributed by atoms with Crippen LogP contribution in [0.4, 0.5) is 26.1 Å². The quantitative estimate of drug-likeness (QED) is 0.462. The maximum Gasteiger partial charge on any atom is 0.260 e. The van der Waals surface area contributed by atoms with E-state index in [4.69, 9.17) is 0 Å². The van der Waals surface area contributed by atoms with E-state index in [0.717, 1.165) is 12.0 Å². The van der Waals surface area contributed by atoms with Gasteiger partial charge in [0.25, 0.3) is 5.92 Å². The molecule has 1 fully saturated rings. The molecule has 172 valence electrons. The molecule has 3 aromatic rings. The van der Waals surface area contributed by atoms with Crippen LogP contribution in [0.3, 0.4) is 0 Å². The molecule has 0 aromatic carbocycles. The second kappa shape index (κ2) is 9.14. The van der Waals surface area contributed by atoms with Crippen molar-refractivity contribution in [2.75, 3.05) is 10.6 Å². The van der Waals surface area contributed by atoms with E-state index in [1.165, 1.54) is 12.4 Å². The number of aromatic nitrogens is 4. The summed E-state index contributed by atoms with van der Waals surface area (Å²) in [6, 6.07) is 6.87. The van der Waals surface area contributed by atoms with Gasteiger partial charge >= 0.3 is 0 Å². The van der Waals surface area contributed by atoms with Crippen LogP contribution in [-0.4, -0.2) is 36.9 Å². The summed E-state index contributed by atoms with van der Waals surface area (Å²) in [7, 11) is 0. The second-order valence-electron chi connectivity index (χ2n) is 8.05. The SMILES string of the molecule is CCC[C@@H](O)c1cc(C)c(Nc2ncccc2-c2cc(NC(=O)[C@H]3CC3(F)F)ncn2)cn1. The lowest BCUT2D eigenvalue weighted by Gasteiger charge is -2.15. The molecule has 0 radical (unpaired) electrons. The van der Waals surface area contributed by atoms with Gasteiger partial charge in [-0.25, -0.2) is 23.7 Å². The van der Waals surface area contributed by atoms with Crippen molar-refractivity contribution in [3.8, 4) is 11.3 Å². The topological polar surface area (TPSA) is 113 Å². The van der Waals surface area contributed by atoms with Gasteiger partial charge in [0.1, 0.15) is 23.9 Å². The molecule has 1 saturated carbocycles. The van der Waals surface area contributed by atoms with Crippen LogP contribution in [0.5, 0.6) is 0 Å². The molecule has 1 amide bonds. The number of alkyl halides is 2. The number of rotatable bonds is 8. The van der Waals surface area contributed by atoms with Crippen molar-refractivity contribution >= 4 is 23.2 Å². The standard InChI is InChI=1S/C23H24F2N6O2/c1-3-5-19(32)17-8-13(2)18(11-27-17)30-21-14(6-4-7-26-21)16-9-20(29-12-28-16)31-22(33)15-10-23(15,24)25/h4,6-9,11-12,15,19,32H,3,5,10H2,1-2H3,(H,26,30)(H,28,29,31,33)/t15-,19-/m1/s1. The Hall–Kier alpha value is -3.53. The van der Waals surface area contributed by atoms with Crippen LogP contribution < -0.4 is 10.6 Å². The van der Waals surface area contributed by atoms with E-state index < -0.39 is 30.3 Å². The Kier molecular flexibility index (Phi) is 6.28. The van der Waals surface area contributed by atoms with Gasteiger partial charge in [-0.1, -0.05) is 13.3 Å². The van der Waals surface area contributed by atoms with Crippen LogP contribution >= 0.6 is 0 Å². The third-order valence-electron chi connectivity index (χ3n) is 5.43. The molecule has 33 heavy (non-hydrogen) atoms. The van der Waals surface area contributed by atoms with E-state index in [-0.39, 0.29) is 5.82 Å². The molecule has 8 nitrogen and oxygen atoms in total. The number of aliphatic hydroxyl groups excluding tert-OH is 1. The fourth-order valence-corrected chi connectivity index (χ4v) is 3.44. The number of nitrogens with zero attached hydrogens (tertiary/aromatic N) is 4. The highest BCUT2D eigenvalue weighted by atomic mass is 19.3. The summed E-state index contributed by atoms with van der Waals surface area (Å²) < 4.78 is 26.3. The number of halogens is 2. The highest BCUT2D eigenvalue weighted by molar-refractivity contribution is 5.95. The molecule has 4 rings (SSSR count). The van der Waals surface area contributed by atoms with Crippen molar-refractivity contribution in [1.29, 1.82) is 0 Å². The van der Waals surface area contributed by atoms with E-state index in [1.54, 1.807) is 24.5 Å². The molecule has 1 aliphatic rings. The minimum absolute atomic E-state index is 0.134. The minimum Gasteiger partial charge on any atom is -0.387 e.